The van der Waals surface area contributed by atoms with Crippen LogP contribution in [0.2, 0.25) is 0 Å². The Morgan fingerprint density at radius 1 is 1.25 bits per heavy atom. The van der Waals surface area contributed by atoms with Gasteiger partial charge >= 0.3 is 0 Å². The van der Waals surface area contributed by atoms with E-state index in [1.54, 1.807) is 0 Å². The van der Waals surface area contributed by atoms with E-state index >= 15 is 0 Å². The number of hydrogen-bond donors (Lipinski definition) is 1. The Kier molecular flexibility index (Phi) is 6.88. The minimum atomic E-state index is 0.239. The van der Waals surface area contributed by atoms with Crippen molar-refractivity contribution in [3.05, 3.63) is 11.8 Å². The van der Waals surface area contributed by atoms with Gasteiger partial charge in [0.15, 0.2) is 0 Å². The van der Waals surface area contributed by atoms with Crippen LogP contribution in [0.4, 0.5) is 0 Å². The van der Waals surface area contributed by atoms with Crippen LogP contribution in [0, 0.1) is 5.92 Å². The van der Waals surface area contributed by atoms with Gasteiger partial charge in [0.2, 0.25) is 0 Å². The highest BCUT2D eigenvalue weighted by molar-refractivity contribution is 5.09. The maximum atomic E-state index is 6.17. The van der Waals surface area contributed by atoms with E-state index < -0.39 is 0 Å². The zero-order valence-electron chi connectivity index (χ0n) is 13.2. The molecule has 2 unspecified atom stereocenters. The summed E-state index contributed by atoms with van der Waals surface area (Å²) in [7, 11) is 0. The van der Waals surface area contributed by atoms with Gasteiger partial charge in [-0.15, -0.1) is 0 Å². The van der Waals surface area contributed by atoms with E-state index in [0.717, 1.165) is 38.4 Å². The van der Waals surface area contributed by atoms with Crippen molar-refractivity contribution in [2.24, 2.45) is 5.92 Å². The molecule has 0 radical (unpaired) electrons. The van der Waals surface area contributed by atoms with Gasteiger partial charge in [-0.05, 0) is 51.1 Å². The van der Waals surface area contributed by atoms with Crippen molar-refractivity contribution in [3.8, 4) is 0 Å². The molecule has 0 aromatic rings. The molecule has 1 heterocycles. The van der Waals surface area contributed by atoms with E-state index in [0.29, 0.717) is 5.92 Å². The molecule has 1 aliphatic carbocycles. The third kappa shape index (κ3) is 4.23. The molecule has 0 bridgehead atoms. The largest absolute Gasteiger partial charge is 0.496 e. The highest BCUT2D eigenvalue weighted by Crippen LogP contribution is 2.32. The average molecular weight is 281 g/mol. The molecule has 3 heteroatoms. The lowest BCUT2D eigenvalue weighted by Crippen LogP contribution is -2.48. The van der Waals surface area contributed by atoms with Crippen LogP contribution < -0.4 is 5.32 Å². The van der Waals surface area contributed by atoms with E-state index in [9.17, 15) is 0 Å². The second-order valence-corrected chi connectivity index (χ2v) is 5.95. The Bertz CT molecular complexity index is 297. The van der Waals surface area contributed by atoms with Gasteiger partial charge in [-0.3, -0.25) is 0 Å². The van der Waals surface area contributed by atoms with Gasteiger partial charge in [-0.25, -0.2) is 0 Å². The lowest BCUT2D eigenvalue weighted by Gasteiger charge is -2.37. The summed E-state index contributed by atoms with van der Waals surface area (Å²) in [5.41, 5.74) is 0. The predicted molar refractivity (Wildman–Crippen MR) is 82.7 cm³/mol. The summed E-state index contributed by atoms with van der Waals surface area (Å²) >= 11 is 0. The maximum absolute atomic E-state index is 6.17. The molecule has 0 amide bonds. The Morgan fingerprint density at radius 3 is 2.65 bits per heavy atom. The zero-order chi connectivity index (χ0) is 14.2. The topological polar surface area (TPSA) is 30.5 Å². The minimum Gasteiger partial charge on any atom is -0.496 e. The monoisotopic (exact) mass is 281 g/mol. The van der Waals surface area contributed by atoms with Gasteiger partial charge < -0.3 is 14.8 Å². The van der Waals surface area contributed by atoms with Gasteiger partial charge in [0.1, 0.15) is 5.76 Å². The van der Waals surface area contributed by atoms with E-state index in [1.165, 1.54) is 32.1 Å². The van der Waals surface area contributed by atoms with Gasteiger partial charge in [-0.1, -0.05) is 26.2 Å². The molecular weight excluding hydrogens is 250 g/mol. The Morgan fingerprint density at radius 2 is 2.05 bits per heavy atom. The highest BCUT2D eigenvalue weighted by atomic mass is 16.5. The van der Waals surface area contributed by atoms with Crippen LogP contribution in [0.3, 0.4) is 0 Å². The van der Waals surface area contributed by atoms with Gasteiger partial charge in [0.05, 0.1) is 18.8 Å². The molecule has 0 aromatic heterocycles. The van der Waals surface area contributed by atoms with Crippen LogP contribution in [0.1, 0.15) is 58.8 Å². The van der Waals surface area contributed by atoms with Gasteiger partial charge in [-0.2, -0.15) is 0 Å². The normalized spacial score (nSPS) is 23.8. The Hall–Kier alpha value is -0.540. The summed E-state index contributed by atoms with van der Waals surface area (Å²) in [6, 6.07) is 0.239. The zero-order valence-corrected chi connectivity index (χ0v) is 13.2. The lowest BCUT2D eigenvalue weighted by atomic mass is 9.81. The van der Waals surface area contributed by atoms with Crippen molar-refractivity contribution in [1.29, 1.82) is 0 Å². The molecule has 116 valence electrons. The van der Waals surface area contributed by atoms with Crippen molar-refractivity contribution in [2.75, 3.05) is 19.8 Å². The molecule has 0 saturated heterocycles. The first-order chi connectivity index (χ1) is 9.86. The summed E-state index contributed by atoms with van der Waals surface area (Å²) in [6.07, 6.45) is 11.5. The number of nitrogens with one attached hydrogen (secondary N) is 1. The minimum absolute atomic E-state index is 0.239. The SMILES string of the molecule is CCNC(C1=CCCCO1)C(OCC)C1CCCCC1. The maximum Gasteiger partial charge on any atom is 0.112 e. The molecule has 20 heavy (non-hydrogen) atoms. The van der Waals surface area contributed by atoms with Crippen LogP contribution in [0.15, 0.2) is 11.8 Å². The summed E-state index contributed by atoms with van der Waals surface area (Å²) in [4.78, 5) is 0. The molecule has 2 rings (SSSR count). The summed E-state index contributed by atoms with van der Waals surface area (Å²) in [5.74, 6) is 1.81. The second-order valence-electron chi connectivity index (χ2n) is 5.95. The van der Waals surface area contributed by atoms with Crippen molar-refractivity contribution in [2.45, 2.75) is 70.9 Å². The van der Waals surface area contributed by atoms with E-state index in [2.05, 4.69) is 25.2 Å². The molecule has 3 nitrogen and oxygen atoms in total. The molecule has 1 N–H and O–H groups in total. The number of hydrogen-bond acceptors (Lipinski definition) is 3. The van der Waals surface area contributed by atoms with Crippen LogP contribution in [0.5, 0.6) is 0 Å². The Balaban J connectivity index is 2.10. The van der Waals surface area contributed by atoms with Crippen LogP contribution in [-0.2, 0) is 9.47 Å². The van der Waals surface area contributed by atoms with Crippen molar-refractivity contribution in [1.82, 2.24) is 5.32 Å². The molecule has 0 aromatic carbocycles. The summed E-state index contributed by atoms with van der Waals surface area (Å²) in [5, 5.41) is 3.62. The quantitative estimate of drug-likeness (QED) is 0.773. The van der Waals surface area contributed by atoms with Crippen LogP contribution >= 0.6 is 0 Å². The second kappa shape index (κ2) is 8.68. The molecule has 1 aliphatic heterocycles. The van der Waals surface area contributed by atoms with E-state index in [-0.39, 0.29) is 12.1 Å². The van der Waals surface area contributed by atoms with Gasteiger partial charge in [0, 0.05) is 6.61 Å². The van der Waals surface area contributed by atoms with Crippen LogP contribution in [-0.4, -0.2) is 31.9 Å². The number of ether oxygens (including phenoxy) is 2. The first kappa shape index (κ1) is 15.8. The average Bonchev–Trinajstić information content (AvgIpc) is 2.52. The highest BCUT2D eigenvalue weighted by Gasteiger charge is 2.34. The lowest BCUT2D eigenvalue weighted by molar-refractivity contribution is -0.0233. The third-order valence-electron chi connectivity index (χ3n) is 4.50. The first-order valence-corrected chi connectivity index (χ1v) is 8.54. The molecule has 2 atom stereocenters. The van der Waals surface area contributed by atoms with Gasteiger partial charge in [0.25, 0.3) is 0 Å². The molecule has 1 fully saturated rings. The van der Waals surface area contributed by atoms with E-state index in [4.69, 9.17) is 9.47 Å². The Labute approximate surface area is 124 Å². The summed E-state index contributed by atoms with van der Waals surface area (Å²) in [6.45, 7) is 6.88. The number of rotatable bonds is 7. The fourth-order valence-corrected chi connectivity index (χ4v) is 3.55. The number of allylic oxidation sites excluding steroid dienone is 1. The molecule has 1 saturated carbocycles. The predicted octanol–water partition coefficient (Wildman–Crippen LogP) is 3.64. The smallest absolute Gasteiger partial charge is 0.112 e. The molecule has 0 spiro atoms. The fourth-order valence-electron chi connectivity index (χ4n) is 3.55. The summed E-state index contributed by atoms with van der Waals surface area (Å²) < 4.78 is 12.1. The van der Waals surface area contributed by atoms with E-state index in [1.807, 2.05) is 0 Å². The number of likely N-dealkylation sites (N-methyl/N-ethyl adjacent to an activating group) is 1. The fraction of sp³-hybridized carbons (Fsp3) is 0.882. The molecule has 2 aliphatic rings. The van der Waals surface area contributed by atoms with Crippen molar-refractivity contribution >= 4 is 0 Å². The standard InChI is InChI=1S/C17H31NO2/c1-3-18-16(15-12-8-9-13-20-15)17(19-4-2)14-10-6-5-7-11-14/h12,14,16-18H,3-11,13H2,1-2H3. The first-order valence-electron chi connectivity index (χ1n) is 8.54. The third-order valence-corrected chi connectivity index (χ3v) is 4.50. The molecular formula is C17H31NO2. The van der Waals surface area contributed by atoms with Crippen LogP contribution in [0.25, 0.3) is 0 Å². The van der Waals surface area contributed by atoms with Crippen molar-refractivity contribution in [3.63, 3.8) is 0 Å². The van der Waals surface area contributed by atoms with Crippen molar-refractivity contribution < 1.29 is 9.47 Å².